The normalized spacial score (nSPS) is 16.5. The van der Waals surface area contributed by atoms with Gasteiger partial charge in [0.2, 0.25) is 15.9 Å². The Morgan fingerprint density at radius 3 is 2.33 bits per heavy atom. The number of carbonyl (C=O) groups excluding carboxylic acids is 1. The maximum atomic E-state index is 12.4. The van der Waals surface area contributed by atoms with Gasteiger partial charge < -0.3 is 9.80 Å². The molecule has 0 radical (unpaired) electrons. The summed E-state index contributed by atoms with van der Waals surface area (Å²) in [7, 11) is -1.37. The van der Waals surface area contributed by atoms with Gasteiger partial charge >= 0.3 is 0 Å². The Labute approximate surface area is 145 Å². The van der Waals surface area contributed by atoms with E-state index in [0.29, 0.717) is 26.1 Å². The smallest absolute Gasteiger partial charge is 0.237 e. The molecule has 0 bridgehead atoms. The first-order valence-electron chi connectivity index (χ1n) is 8.31. The Bertz CT molecular complexity index is 626. The molecule has 1 fully saturated rings. The van der Waals surface area contributed by atoms with E-state index in [1.165, 1.54) is 16.1 Å². The lowest BCUT2D eigenvalue weighted by Gasteiger charge is -2.33. The van der Waals surface area contributed by atoms with E-state index >= 15 is 0 Å². The molecule has 0 unspecified atom stereocenters. The number of hydrogen-bond acceptors (Lipinski definition) is 4. The minimum Gasteiger partial charge on any atom is -0.339 e. The van der Waals surface area contributed by atoms with Crippen molar-refractivity contribution in [2.75, 3.05) is 52.6 Å². The zero-order valence-electron chi connectivity index (χ0n) is 14.5. The SMILES string of the molecule is CN1CCN(C(=O)CN(CCCc2ccccc2)S(C)(=O)=O)CC1. The van der Waals surface area contributed by atoms with Crippen LogP contribution in [0.4, 0.5) is 0 Å². The molecule has 24 heavy (non-hydrogen) atoms. The molecular formula is C17H27N3O3S. The van der Waals surface area contributed by atoms with Crippen molar-refractivity contribution in [2.24, 2.45) is 0 Å². The van der Waals surface area contributed by atoms with Crippen molar-refractivity contribution in [2.45, 2.75) is 12.8 Å². The standard InChI is InChI=1S/C17H27N3O3S/c1-18-11-13-19(14-12-18)17(21)15-20(24(2,22)23)10-6-9-16-7-4-3-5-8-16/h3-5,7-8H,6,9-15H2,1-2H3. The second-order valence-electron chi connectivity index (χ2n) is 6.37. The van der Waals surface area contributed by atoms with Crippen LogP contribution in [0.25, 0.3) is 0 Å². The van der Waals surface area contributed by atoms with Crippen molar-refractivity contribution in [3.05, 3.63) is 35.9 Å². The third-order valence-electron chi connectivity index (χ3n) is 4.35. The predicted molar refractivity (Wildman–Crippen MR) is 95.3 cm³/mol. The number of carbonyl (C=O) groups is 1. The van der Waals surface area contributed by atoms with Crippen LogP contribution in [0.5, 0.6) is 0 Å². The number of sulfonamides is 1. The Morgan fingerprint density at radius 1 is 1.12 bits per heavy atom. The number of benzene rings is 1. The van der Waals surface area contributed by atoms with E-state index in [4.69, 9.17) is 0 Å². The molecule has 1 saturated heterocycles. The molecule has 0 atom stereocenters. The molecule has 1 aromatic rings. The third-order valence-corrected chi connectivity index (χ3v) is 5.60. The van der Waals surface area contributed by atoms with Gasteiger partial charge in [0.25, 0.3) is 0 Å². The number of hydrogen-bond donors (Lipinski definition) is 0. The van der Waals surface area contributed by atoms with Gasteiger partial charge in [0.15, 0.2) is 0 Å². The Balaban J connectivity index is 1.87. The Hall–Kier alpha value is -1.44. The van der Waals surface area contributed by atoms with Gasteiger partial charge in [0.05, 0.1) is 12.8 Å². The number of nitrogens with zero attached hydrogens (tertiary/aromatic N) is 3. The van der Waals surface area contributed by atoms with E-state index in [-0.39, 0.29) is 12.5 Å². The minimum absolute atomic E-state index is 0.0582. The van der Waals surface area contributed by atoms with Crippen LogP contribution >= 0.6 is 0 Å². The molecule has 0 aromatic heterocycles. The number of piperazine rings is 1. The van der Waals surface area contributed by atoms with Crippen LogP contribution in [0, 0.1) is 0 Å². The lowest BCUT2D eigenvalue weighted by atomic mass is 10.1. The number of likely N-dealkylation sites (N-methyl/N-ethyl adjacent to an activating group) is 1. The van der Waals surface area contributed by atoms with Crippen molar-refractivity contribution in [3.8, 4) is 0 Å². The van der Waals surface area contributed by atoms with Gasteiger partial charge in [0.1, 0.15) is 0 Å². The highest BCUT2D eigenvalue weighted by Crippen LogP contribution is 2.08. The lowest BCUT2D eigenvalue weighted by molar-refractivity contribution is -0.132. The summed E-state index contributed by atoms with van der Waals surface area (Å²) in [5.74, 6) is -0.103. The monoisotopic (exact) mass is 353 g/mol. The second-order valence-corrected chi connectivity index (χ2v) is 8.35. The van der Waals surface area contributed by atoms with Crippen LogP contribution in [0.1, 0.15) is 12.0 Å². The van der Waals surface area contributed by atoms with Gasteiger partial charge in [-0.05, 0) is 25.5 Å². The van der Waals surface area contributed by atoms with Crippen molar-refractivity contribution in [1.82, 2.24) is 14.1 Å². The van der Waals surface area contributed by atoms with E-state index in [9.17, 15) is 13.2 Å². The molecule has 0 saturated carbocycles. The Kier molecular flexibility index (Phi) is 6.77. The average molecular weight is 353 g/mol. The van der Waals surface area contributed by atoms with Crippen LogP contribution in [-0.4, -0.2) is 81.0 Å². The molecule has 1 heterocycles. The van der Waals surface area contributed by atoms with Crippen molar-refractivity contribution < 1.29 is 13.2 Å². The molecule has 7 heteroatoms. The predicted octanol–water partition coefficient (Wildman–Crippen LogP) is 0.655. The fourth-order valence-electron chi connectivity index (χ4n) is 2.77. The molecule has 1 aliphatic heterocycles. The zero-order chi connectivity index (χ0) is 17.6. The van der Waals surface area contributed by atoms with E-state index in [2.05, 4.69) is 4.90 Å². The first kappa shape index (κ1) is 18.9. The van der Waals surface area contributed by atoms with Crippen molar-refractivity contribution >= 4 is 15.9 Å². The van der Waals surface area contributed by atoms with Crippen LogP contribution in [0.3, 0.4) is 0 Å². The quantitative estimate of drug-likeness (QED) is 0.722. The summed E-state index contributed by atoms with van der Waals surface area (Å²) in [6.07, 6.45) is 2.68. The Morgan fingerprint density at radius 2 is 1.75 bits per heavy atom. The summed E-state index contributed by atoms with van der Waals surface area (Å²) in [5.41, 5.74) is 1.18. The van der Waals surface area contributed by atoms with E-state index in [1.807, 2.05) is 37.4 Å². The van der Waals surface area contributed by atoms with Crippen LogP contribution < -0.4 is 0 Å². The fraction of sp³-hybridized carbons (Fsp3) is 0.588. The van der Waals surface area contributed by atoms with Gasteiger partial charge in [-0.25, -0.2) is 8.42 Å². The molecule has 0 N–H and O–H groups in total. The highest BCUT2D eigenvalue weighted by Gasteiger charge is 2.25. The minimum atomic E-state index is -3.39. The molecule has 6 nitrogen and oxygen atoms in total. The summed E-state index contributed by atoms with van der Waals surface area (Å²) in [5, 5.41) is 0. The topological polar surface area (TPSA) is 60.9 Å². The van der Waals surface area contributed by atoms with E-state index in [0.717, 1.165) is 19.5 Å². The van der Waals surface area contributed by atoms with Crippen molar-refractivity contribution in [3.63, 3.8) is 0 Å². The van der Waals surface area contributed by atoms with E-state index in [1.54, 1.807) is 4.90 Å². The largest absolute Gasteiger partial charge is 0.339 e. The zero-order valence-corrected chi connectivity index (χ0v) is 15.3. The summed E-state index contributed by atoms with van der Waals surface area (Å²) < 4.78 is 25.3. The van der Waals surface area contributed by atoms with Gasteiger partial charge in [-0.1, -0.05) is 30.3 Å². The first-order chi connectivity index (χ1) is 11.4. The molecule has 0 aliphatic carbocycles. The molecular weight excluding hydrogens is 326 g/mol. The number of aryl methyl sites for hydroxylation is 1. The van der Waals surface area contributed by atoms with Gasteiger partial charge in [0, 0.05) is 32.7 Å². The van der Waals surface area contributed by atoms with Gasteiger partial charge in [-0.2, -0.15) is 4.31 Å². The lowest BCUT2D eigenvalue weighted by Crippen LogP contribution is -2.50. The molecule has 0 spiro atoms. The first-order valence-corrected chi connectivity index (χ1v) is 10.2. The average Bonchev–Trinajstić information content (AvgIpc) is 2.54. The molecule has 134 valence electrons. The van der Waals surface area contributed by atoms with Gasteiger partial charge in [-0.3, -0.25) is 4.79 Å². The highest BCUT2D eigenvalue weighted by atomic mass is 32.2. The third kappa shape index (κ3) is 5.89. The van der Waals surface area contributed by atoms with E-state index < -0.39 is 10.0 Å². The molecule has 1 aromatic carbocycles. The van der Waals surface area contributed by atoms with Crippen LogP contribution in [0.2, 0.25) is 0 Å². The molecule has 2 rings (SSSR count). The maximum absolute atomic E-state index is 12.4. The summed E-state index contributed by atoms with van der Waals surface area (Å²) in [6, 6.07) is 9.96. The second kappa shape index (κ2) is 8.60. The molecule has 1 aliphatic rings. The van der Waals surface area contributed by atoms with Crippen LogP contribution in [0.15, 0.2) is 30.3 Å². The summed E-state index contributed by atoms with van der Waals surface area (Å²) in [6.45, 7) is 3.30. The number of rotatable bonds is 7. The summed E-state index contributed by atoms with van der Waals surface area (Å²) >= 11 is 0. The number of amides is 1. The highest BCUT2D eigenvalue weighted by molar-refractivity contribution is 7.88. The van der Waals surface area contributed by atoms with Gasteiger partial charge in [-0.15, -0.1) is 0 Å². The summed E-state index contributed by atoms with van der Waals surface area (Å²) in [4.78, 5) is 16.3. The van der Waals surface area contributed by atoms with Crippen molar-refractivity contribution in [1.29, 1.82) is 0 Å². The van der Waals surface area contributed by atoms with Crippen LogP contribution in [-0.2, 0) is 21.2 Å². The maximum Gasteiger partial charge on any atom is 0.237 e. The fourth-order valence-corrected chi connectivity index (χ4v) is 3.58. The molecule has 1 amide bonds.